The standard InChI is InChI=1S/C23H26N8/c1-5-16-14-30(19-9-7-18(26-3)8-10-19)22-12-17(20-13-27-29(4)28-20)6-11-21(22)31(15(2)24)23(16)25/h5-13,16,24-26H,1,14H2,2-4H3/t16-/m1/s1. The Kier molecular flexibility index (Phi) is 5.29. The van der Waals surface area contributed by atoms with Gasteiger partial charge in [0.1, 0.15) is 17.4 Å². The molecule has 0 aliphatic carbocycles. The minimum absolute atomic E-state index is 0.239. The molecular formula is C23H26N8. The van der Waals surface area contributed by atoms with E-state index in [1.54, 1.807) is 31.1 Å². The average molecular weight is 415 g/mol. The lowest BCUT2D eigenvalue weighted by Gasteiger charge is -2.27. The lowest BCUT2D eigenvalue weighted by molar-refractivity contribution is 0.655. The Morgan fingerprint density at radius 2 is 1.94 bits per heavy atom. The molecule has 0 radical (unpaired) electrons. The van der Waals surface area contributed by atoms with Crippen molar-refractivity contribution in [3.05, 3.63) is 61.3 Å². The molecule has 2 heterocycles. The maximum atomic E-state index is 8.79. The van der Waals surface area contributed by atoms with Gasteiger partial charge >= 0.3 is 0 Å². The van der Waals surface area contributed by atoms with E-state index in [0.29, 0.717) is 12.4 Å². The van der Waals surface area contributed by atoms with Crippen LogP contribution in [-0.4, -0.2) is 40.3 Å². The number of amidine groups is 2. The first-order valence-electron chi connectivity index (χ1n) is 10.0. The lowest BCUT2D eigenvalue weighted by Crippen LogP contribution is -2.38. The number of aryl methyl sites for hydroxylation is 1. The molecule has 3 N–H and O–H groups in total. The molecule has 0 spiro atoms. The SMILES string of the molecule is C=C[C@@H]1CN(c2ccc(NC)cc2)c2cc(-c3cnn(C)n3)ccc2N(C(C)=N)C1=N. The molecule has 31 heavy (non-hydrogen) atoms. The van der Waals surface area contributed by atoms with Gasteiger partial charge in [0.25, 0.3) is 0 Å². The highest BCUT2D eigenvalue weighted by Gasteiger charge is 2.32. The average Bonchev–Trinajstić information content (AvgIpc) is 3.16. The van der Waals surface area contributed by atoms with Crippen molar-refractivity contribution in [3.8, 4) is 11.3 Å². The number of hydrogen-bond donors (Lipinski definition) is 3. The normalized spacial score (nSPS) is 16.0. The number of rotatable bonds is 4. The molecule has 158 valence electrons. The predicted molar refractivity (Wildman–Crippen MR) is 127 cm³/mol. The third kappa shape index (κ3) is 3.68. The second kappa shape index (κ2) is 8.06. The topological polar surface area (TPSA) is 96.9 Å². The zero-order chi connectivity index (χ0) is 22.1. The number of fused-ring (bicyclic) bond motifs is 1. The summed E-state index contributed by atoms with van der Waals surface area (Å²) < 4.78 is 0. The van der Waals surface area contributed by atoms with E-state index in [1.165, 1.54) is 4.80 Å². The summed E-state index contributed by atoms with van der Waals surface area (Å²) >= 11 is 0. The molecule has 3 aromatic rings. The summed E-state index contributed by atoms with van der Waals surface area (Å²) in [5.74, 6) is 0.389. The van der Waals surface area contributed by atoms with Gasteiger partial charge in [0.05, 0.1) is 23.5 Å². The van der Waals surface area contributed by atoms with E-state index in [4.69, 9.17) is 10.8 Å². The van der Waals surface area contributed by atoms with Crippen molar-refractivity contribution in [1.82, 2.24) is 15.0 Å². The summed E-state index contributed by atoms with van der Waals surface area (Å²) in [5.41, 5.74) is 5.41. The fraction of sp³-hybridized carbons (Fsp3) is 0.217. The Morgan fingerprint density at radius 1 is 1.19 bits per heavy atom. The molecule has 0 unspecified atom stereocenters. The van der Waals surface area contributed by atoms with Crippen molar-refractivity contribution in [1.29, 1.82) is 10.8 Å². The van der Waals surface area contributed by atoms with Crippen LogP contribution in [0.4, 0.5) is 22.7 Å². The Bertz CT molecular complexity index is 1140. The monoisotopic (exact) mass is 414 g/mol. The van der Waals surface area contributed by atoms with Crippen molar-refractivity contribution in [2.24, 2.45) is 13.0 Å². The Morgan fingerprint density at radius 3 is 2.52 bits per heavy atom. The summed E-state index contributed by atoms with van der Waals surface area (Å²) in [6.07, 6.45) is 3.52. The molecule has 8 nitrogen and oxygen atoms in total. The minimum atomic E-state index is -0.239. The van der Waals surface area contributed by atoms with Gasteiger partial charge in [0, 0.05) is 37.6 Å². The summed E-state index contributed by atoms with van der Waals surface area (Å²) in [5, 5.41) is 28.9. The second-order valence-corrected chi connectivity index (χ2v) is 7.48. The molecule has 0 fully saturated rings. The van der Waals surface area contributed by atoms with Crippen molar-refractivity contribution < 1.29 is 0 Å². The number of anilines is 4. The van der Waals surface area contributed by atoms with E-state index >= 15 is 0 Å². The van der Waals surface area contributed by atoms with Gasteiger partial charge in [0.15, 0.2) is 0 Å². The van der Waals surface area contributed by atoms with E-state index in [9.17, 15) is 0 Å². The number of hydrogen-bond acceptors (Lipinski definition) is 6. The smallest absolute Gasteiger partial charge is 0.115 e. The number of nitrogens with one attached hydrogen (secondary N) is 3. The second-order valence-electron chi connectivity index (χ2n) is 7.48. The van der Waals surface area contributed by atoms with E-state index in [1.807, 2.05) is 31.3 Å². The highest BCUT2D eigenvalue weighted by molar-refractivity contribution is 6.20. The Labute approximate surface area is 181 Å². The Balaban J connectivity index is 1.93. The maximum Gasteiger partial charge on any atom is 0.115 e. The molecule has 1 atom stereocenters. The van der Waals surface area contributed by atoms with E-state index in [-0.39, 0.29) is 11.8 Å². The first kappa shape index (κ1) is 20.3. The summed E-state index contributed by atoms with van der Waals surface area (Å²) in [4.78, 5) is 5.40. The van der Waals surface area contributed by atoms with Gasteiger partial charge in [-0.2, -0.15) is 15.0 Å². The highest BCUT2D eigenvalue weighted by atomic mass is 15.4. The number of nitrogens with zero attached hydrogens (tertiary/aromatic N) is 5. The van der Waals surface area contributed by atoms with Gasteiger partial charge in [-0.15, -0.1) is 6.58 Å². The predicted octanol–water partition coefficient (Wildman–Crippen LogP) is 4.26. The van der Waals surface area contributed by atoms with Crippen LogP contribution in [0.3, 0.4) is 0 Å². The summed E-state index contributed by atoms with van der Waals surface area (Å²) in [6.45, 7) is 6.21. The fourth-order valence-electron chi connectivity index (χ4n) is 3.84. The van der Waals surface area contributed by atoms with E-state index in [2.05, 4.69) is 45.2 Å². The molecule has 4 rings (SSSR count). The van der Waals surface area contributed by atoms with Crippen LogP contribution in [0.5, 0.6) is 0 Å². The minimum Gasteiger partial charge on any atom is -0.388 e. The van der Waals surface area contributed by atoms with E-state index < -0.39 is 0 Å². The maximum absolute atomic E-state index is 8.79. The molecule has 1 aromatic heterocycles. The molecule has 1 aliphatic rings. The molecule has 0 saturated heterocycles. The van der Waals surface area contributed by atoms with E-state index in [0.717, 1.165) is 34.0 Å². The third-order valence-corrected chi connectivity index (χ3v) is 5.46. The quantitative estimate of drug-likeness (QED) is 0.337. The van der Waals surface area contributed by atoms with Gasteiger partial charge in [-0.05, 0) is 43.3 Å². The first-order chi connectivity index (χ1) is 14.9. The van der Waals surface area contributed by atoms with Crippen LogP contribution in [0.25, 0.3) is 11.3 Å². The third-order valence-electron chi connectivity index (χ3n) is 5.46. The van der Waals surface area contributed by atoms with Crippen molar-refractivity contribution in [2.75, 3.05) is 28.7 Å². The number of benzene rings is 2. The van der Waals surface area contributed by atoms with Gasteiger partial charge in [-0.1, -0.05) is 12.1 Å². The Hall–Kier alpha value is -3.94. The van der Waals surface area contributed by atoms with Crippen molar-refractivity contribution in [3.63, 3.8) is 0 Å². The van der Waals surface area contributed by atoms with Crippen molar-refractivity contribution in [2.45, 2.75) is 6.92 Å². The van der Waals surface area contributed by atoms with Crippen LogP contribution in [0, 0.1) is 16.7 Å². The molecule has 0 amide bonds. The zero-order valence-corrected chi connectivity index (χ0v) is 17.9. The first-order valence-corrected chi connectivity index (χ1v) is 10.0. The largest absolute Gasteiger partial charge is 0.388 e. The van der Waals surface area contributed by atoms with Gasteiger partial charge < -0.3 is 10.2 Å². The molecule has 2 aromatic carbocycles. The molecule has 0 saturated carbocycles. The van der Waals surface area contributed by atoms with Crippen LogP contribution in [0.15, 0.2) is 61.3 Å². The van der Waals surface area contributed by atoms with Crippen LogP contribution in [0.2, 0.25) is 0 Å². The van der Waals surface area contributed by atoms with Gasteiger partial charge in [-0.25, -0.2) is 0 Å². The van der Waals surface area contributed by atoms with Crippen LogP contribution >= 0.6 is 0 Å². The zero-order valence-electron chi connectivity index (χ0n) is 17.9. The van der Waals surface area contributed by atoms with Crippen LogP contribution < -0.4 is 15.1 Å². The van der Waals surface area contributed by atoms with Gasteiger partial charge in [0.2, 0.25) is 0 Å². The highest BCUT2D eigenvalue weighted by Crippen LogP contribution is 2.41. The fourth-order valence-corrected chi connectivity index (χ4v) is 3.84. The molecular weight excluding hydrogens is 388 g/mol. The van der Waals surface area contributed by atoms with Crippen molar-refractivity contribution >= 4 is 34.4 Å². The van der Waals surface area contributed by atoms with Crippen LogP contribution in [-0.2, 0) is 7.05 Å². The summed E-state index contributed by atoms with van der Waals surface area (Å²) in [7, 11) is 3.68. The number of aromatic nitrogens is 3. The lowest BCUT2D eigenvalue weighted by atomic mass is 10.1. The molecule has 8 heteroatoms. The van der Waals surface area contributed by atoms with Gasteiger partial charge in [-0.3, -0.25) is 15.7 Å². The molecule has 0 bridgehead atoms. The van der Waals surface area contributed by atoms with Crippen LogP contribution in [0.1, 0.15) is 6.92 Å². The molecule has 1 aliphatic heterocycles. The summed E-state index contributed by atoms with van der Waals surface area (Å²) in [6, 6.07) is 14.1.